The van der Waals surface area contributed by atoms with Crippen molar-refractivity contribution in [1.29, 1.82) is 5.26 Å². The summed E-state index contributed by atoms with van der Waals surface area (Å²) >= 11 is 0. The van der Waals surface area contributed by atoms with Gasteiger partial charge in [-0.05, 0) is 44.2 Å². The Morgan fingerprint density at radius 1 is 1.25 bits per heavy atom. The Morgan fingerprint density at radius 3 is 2.62 bits per heavy atom. The predicted octanol–water partition coefficient (Wildman–Crippen LogP) is 2.03. The number of anilines is 1. The molecule has 0 spiro atoms. The molecule has 2 unspecified atom stereocenters. The second-order valence-electron chi connectivity index (χ2n) is 8.73. The van der Waals surface area contributed by atoms with Crippen LogP contribution in [0.4, 0.5) is 5.82 Å². The number of pyridine rings is 1. The Hall–Kier alpha value is -3.25. The number of carbonyl (C=O) groups is 1. The SMILES string of the molecule is COc1cc(C2(OCC(=O)N3CC4CCC(C3)N4c3ccc(C#N)cn3)CCC2)cnn1. The Labute approximate surface area is 187 Å². The van der Waals surface area contributed by atoms with E-state index in [2.05, 4.69) is 26.2 Å². The number of nitriles is 1. The van der Waals surface area contributed by atoms with E-state index in [0.717, 1.165) is 43.5 Å². The molecule has 0 aromatic carbocycles. The van der Waals surface area contributed by atoms with E-state index in [4.69, 9.17) is 14.7 Å². The minimum absolute atomic E-state index is 0.0228. The van der Waals surface area contributed by atoms with Crippen molar-refractivity contribution in [2.75, 3.05) is 31.7 Å². The van der Waals surface area contributed by atoms with E-state index in [1.807, 2.05) is 17.0 Å². The largest absolute Gasteiger partial charge is 0.480 e. The Morgan fingerprint density at radius 2 is 2.03 bits per heavy atom. The molecule has 1 amide bonds. The first-order valence-corrected chi connectivity index (χ1v) is 11.1. The summed E-state index contributed by atoms with van der Waals surface area (Å²) in [5, 5.41) is 17.0. The summed E-state index contributed by atoms with van der Waals surface area (Å²) in [7, 11) is 1.56. The molecule has 2 aliphatic heterocycles. The van der Waals surface area contributed by atoms with Crippen molar-refractivity contribution in [3.8, 4) is 11.9 Å². The van der Waals surface area contributed by atoms with Gasteiger partial charge in [-0.25, -0.2) is 4.98 Å². The number of carbonyl (C=O) groups excluding carboxylic acids is 1. The molecule has 5 rings (SSSR count). The van der Waals surface area contributed by atoms with Gasteiger partial charge in [0.2, 0.25) is 11.8 Å². The van der Waals surface area contributed by atoms with Crippen molar-refractivity contribution in [3.63, 3.8) is 0 Å². The van der Waals surface area contributed by atoms with Crippen molar-refractivity contribution in [3.05, 3.63) is 41.7 Å². The molecule has 0 radical (unpaired) electrons. The smallest absolute Gasteiger partial charge is 0.248 e. The maximum atomic E-state index is 13.1. The van der Waals surface area contributed by atoms with Gasteiger partial charge in [0.1, 0.15) is 18.5 Å². The number of amides is 1. The van der Waals surface area contributed by atoms with Crippen molar-refractivity contribution in [1.82, 2.24) is 20.1 Å². The van der Waals surface area contributed by atoms with E-state index in [1.54, 1.807) is 25.6 Å². The normalized spacial score (nSPS) is 23.4. The number of aromatic nitrogens is 3. The van der Waals surface area contributed by atoms with Crippen LogP contribution in [0.25, 0.3) is 0 Å². The summed E-state index contributed by atoms with van der Waals surface area (Å²) in [6.07, 6.45) is 8.15. The van der Waals surface area contributed by atoms with Crippen LogP contribution in [-0.2, 0) is 15.1 Å². The average molecular weight is 435 g/mol. The van der Waals surface area contributed by atoms with Crippen LogP contribution in [0.2, 0.25) is 0 Å². The third-order valence-electron chi connectivity index (χ3n) is 6.98. The zero-order chi connectivity index (χ0) is 22.1. The molecule has 2 saturated heterocycles. The van der Waals surface area contributed by atoms with E-state index >= 15 is 0 Å². The van der Waals surface area contributed by atoms with Gasteiger partial charge < -0.3 is 19.3 Å². The Balaban J connectivity index is 1.23. The standard InChI is InChI=1S/C23H26N6O3/c1-31-21-9-17(12-26-27-21)23(7-2-8-23)32-15-22(30)28-13-18-4-5-19(14-28)29(18)20-6-3-16(10-24)11-25-20/h3,6,9,11-12,18-19H,2,4-5,7-8,13-15H2,1H3. The molecule has 2 atom stereocenters. The highest BCUT2D eigenvalue weighted by Crippen LogP contribution is 2.45. The number of rotatable bonds is 6. The summed E-state index contributed by atoms with van der Waals surface area (Å²) in [6.45, 7) is 1.38. The lowest BCUT2D eigenvalue weighted by molar-refractivity contribution is -0.154. The second-order valence-corrected chi connectivity index (χ2v) is 8.73. The highest BCUT2D eigenvalue weighted by atomic mass is 16.5. The van der Waals surface area contributed by atoms with E-state index < -0.39 is 5.60 Å². The van der Waals surface area contributed by atoms with Gasteiger partial charge >= 0.3 is 0 Å². The van der Waals surface area contributed by atoms with Crippen LogP contribution in [0.3, 0.4) is 0 Å². The van der Waals surface area contributed by atoms with Crippen LogP contribution in [-0.4, -0.2) is 64.9 Å². The van der Waals surface area contributed by atoms with Gasteiger partial charge in [-0.2, -0.15) is 10.4 Å². The molecule has 3 aliphatic rings. The summed E-state index contributed by atoms with van der Waals surface area (Å²) in [6, 6.07) is 8.14. The lowest BCUT2D eigenvalue weighted by atomic mass is 9.75. The summed E-state index contributed by atoms with van der Waals surface area (Å²) in [5.41, 5.74) is 0.991. The number of hydrogen-bond donors (Lipinski definition) is 0. The van der Waals surface area contributed by atoms with Crippen molar-refractivity contribution >= 4 is 11.7 Å². The third kappa shape index (κ3) is 3.65. The van der Waals surface area contributed by atoms with E-state index in [9.17, 15) is 4.79 Å². The molecular formula is C23H26N6O3. The van der Waals surface area contributed by atoms with Crippen LogP contribution >= 0.6 is 0 Å². The molecular weight excluding hydrogens is 408 g/mol. The average Bonchev–Trinajstić information content (AvgIpc) is 3.07. The van der Waals surface area contributed by atoms with Gasteiger partial charge in [0.15, 0.2) is 0 Å². The molecule has 4 heterocycles. The van der Waals surface area contributed by atoms with Gasteiger partial charge in [0.25, 0.3) is 0 Å². The second kappa shape index (κ2) is 8.36. The summed E-state index contributed by atoms with van der Waals surface area (Å²) in [5.74, 6) is 1.36. The third-order valence-corrected chi connectivity index (χ3v) is 6.98. The van der Waals surface area contributed by atoms with Crippen molar-refractivity contribution in [2.45, 2.75) is 49.8 Å². The number of hydrogen-bond acceptors (Lipinski definition) is 8. The zero-order valence-corrected chi connectivity index (χ0v) is 18.1. The molecule has 9 nitrogen and oxygen atoms in total. The minimum Gasteiger partial charge on any atom is -0.480 e. The Bertz CT molecular complexity index is 1020. The number of nitrogens with zero attached hydrogens (tertiary/aromatic N) is 6. The zero-order valence-electron chi connectivity index (χ0n) is 18.1. The molecule has 3 fully saturated rings. The van der Waals surface area contributed by atoms with Gasteiger partial charge in [-0.3, -0.25) is 4.79 Å². The summed E-state index contributed by atoms with van der Waals surface area (Å²) < 4.78 is 11.4. The highest BCUT2D eigenvalue weighted by molar-refractivity contribution is 5.78. The fraction of sp³-hybridized carbons (Fsp3) is 0.522. The fourth-order valence-electron chi connectivity index (χ4n) is 5.09. The molecule has 2 bridgehead atoms. The molecule has 2 aromatic rings. The number of likely N-dealkylation sites (tertiary alicyclic amines) is 1. The molecule has 2 aromatic heterocycles. The van der Waals surface area contributed by atoms with Gasteiger partial charge in [0, 0.05) is 43.0 Å². The van der Waals surface area contributed by atoms with Gasteiger partial charge in [0.05, 0.1) is 24.5 Å². The molecule has 1 saturated carbocycles. The van der Waals surface area contributed by atoms with Crippen LogP contribution < -0.4 is 9.64 Å². The molecule has 0 N–H and O–H groups in total. The number of ether oxygens (including phenoxy) is 2. The molecule has 32 heavy (non-hydrogen) atoms. The first-order valence-electron chi connectivity index (χ1n) is 11.1. The van der Waals surface area contributed by atoms with Gasteiger partial charge in [-0.1, -0.05) is 0 Å². The molecule has 9 heteroatoms. The van der Waals surface area contributed by atoms with Crippen LogP contribution in [0, 0.1) is 11.3 Å². The number of fused-ring (bicyclic) bond motifs is 2. The lowest BCUT2D eigenvalue weighted by Crippen LogP contribution is -2.56. The van der Waals surface area contributed by atoms with Crippen LogP contribution in [0.5, 0.6) is 5.88 Å². The first-order chi connectivity index (χ1) is 15.6. The highest BCUT2D eigenvalue weighted by Gasteiger charge is 2.44. The summed E-state index contributed by atoms with van der Waals surface area (Å²) in [4.78, 5) is 21.8. The van der Waals surface area contributed by atoms with E-state index in [1.165, 1.54) is 0 Å². The molecule has 1 aliphatic carbocycles. The maximum Gasteiger partial charge on any atom is 0.248 e. The van der Waals surface area contributed by atoms with Gasteiger partial charge in [-0.15, -0.1) is 5.10 Å². The minimum atomic E-state index is -0.480. The quantitative estimate of drug-likeness (QED) is 0.680. The van der Waals surface area contributed by atoms with E-state index in [0.29, 0.717) is 24.5 Å². The van der Waals surface area contributed by atoms with Crippen LogP contribution in [0.1, 0.15) is 43.2 Å². The lowest BCUT2D eigenvalue weighted by Gasteiger charge is -2.44. The molecule has 166 valence electrons. The van der Waals surface area contributed by atoms with Crippen LogP contribution in [0.15, 0.2) is 30.6 Å². The predicted molar refractivity (Wildman–Crippen MR) is 115 cm³/mol. The monoisotopic (exact) mass is 434 g/mol. The topological polar surface area (TPSA) is 104 Å². The number of piperazine rings is 1. The Kier molecular flexibility index (Phi) is 5.39. The van der Waals surface area contributed by atoms with E-state index in [-0.39, 0.29) is 24.6 Å². The first kappa shape index (κ1) is 20.6. The number of methoxy groups -OCH3 is 1. The maximum absolute atomic E-state index is 13.1. The van der Waals surface area contributed by atoms with Crippen molar-refractivity contribution < 1.29 is 14.3 Å². The fourth-order valence-corrected chi connectivity index (χ4v) is 5.09. The van der Waals surface area contributed by atoms with Crippen molar-refractivity contribution in [2.24, 2.45) is 0 Å².